The molecule has 1 aliphatic rings. The van der Waals surface area contributed by atoms with Gasteiger partial charge in [0, 0.05) is 18.2 Å². The number of halogens is 1. The zero-order chi connectivity index (χ0) is 22.6. The van der Waals surface area contributed by atoms with Gasteiger partial charge in [0.2, 0.25) is 5.91 Å². The maximum atomic E-state index is 13.5. The number of rotatable bonds is 6. The highest BCUT2D eigenvalue weighted by molar-refractivity contribution is 5.79. The van der Waals surface area contributed by atoms with Crippen LogP contribution in [0.3, 0.4) is 0 Å². The first-order valence-corrected chi connectivity index (χ1v) is 11.4. The van der Waals surface area contributed by atoms with Gasteiger partial charge in [0.15, 0.2) is 0 Å². The maximum Gasteiger partial charge on any atom is 0.223 e. The molecule has 3 aromatic carbocycles. The van der Waals surface area contributed by atoms with Crippen LogP contribution in [0.15, 0.2) is 78.9 Å². The fraction of sp³-hybridized carbons (Fsp3) is 0.259. The second-order valence-corrected chi connectivity index (χ2v) is 8.58. The predicted molar refractivity (Wildman–Crippen MR) is 127 cm³/mol. The number of amides is 1. The minimum absolute atomic E-state index is 0.0425. The number of nitrogens with one attached hydrogen (secondary N) is 1. The van der Waals surface area contributed by atoms with E-state index in [1.54, 1.807) is 12.1 Å². The number of carbonyl (C=O) groups excluding carboxylic acids is 1. The molecule has 168 valence electrons. The Labute approximate surface area is 192 Å². The molecule has 0 saturated carbocycles. The molecule has 2 heterocycles. The molecule has 1 amide bonds. The van der Waals surface area contributed by atoms with E-state index in [0.29, 0.717) is 13.1 Å². The topological polar surface area (TPSA) is 50.2 Å². The van der Waals surface area contributed by atoms with Gasteiger partial charge in [0.05, 0.1) is 17.6 Å². The van der Waals surface area contributed by atoms with Crippen molar-refractivity contribution in [3.05, 3.63) is 96.1 Å². The third kappa shape index (κ3) is 4.81. The number of hydrogen-bond donors (Lipinski definition) is 1. The SMILES string of the molecule is O=C(NCc1ccccc1)C1CCN(Cc2nc3ccccc3n2-c2ccc(F)cc2)CC1. The molecular formula is C27H27FN4O. The number of para-hydroxylation sites is 2. The normalized spacial score (nSPS) is 15.1. The van der Waals surface area contributed by atoms with Crippen molar-refractivity contribution in [2.75, 3.05) is 13.1 Å². The van der Waals surface area contributed by atoms with E-state index in [4.69, 9.17) is 4.98 Å². The van der Waals surface area contributed by atoms with Crippen LogP contribution >= 0.6 is 0 Å². The number of aromatic nitrogens is 2. The molecule has 6 heteroatoms. The summed E-state index contributed by atoms with van der Waals surface area (Å²) in [5.74, 6) is 0.852. The Hall–Kier alpha value is -3.51. The van der Waals surface area contributed by atoms with Crippen LogP contribution in [0.25, 0.3) is 16.7 Å². The molecule has 5 rings (SSSR count). The lowest BCUT2D eigenvalue weighted by molar-refractivity contribution is -0.126. The quantitative estimate of drug-likeness (QED) is 0.471. The second kappa shape index (κ2) is 9.55. The number of fused-ring (bicyclic) bond motifs is 1. The summed E-state index contributed by atoms with van der Waals surface area (Å²) in [5.41, 5.74) is 3.94. The molecule has 0 unspecified atom stereocenters. The van der Waals surface area contributed by atoms with E-state index < -0.39 is 0 Å². The van der Waals surface area contributed by atoms with Crippen molar-refractivity contribution in [2.24, 2.45) is 5.92 Å². The first kappa shape index (κ1) is 21.3. The van der Waals surface area contributed by atoms with Gasteiger partial charge >= 0.3 is 0 Å². The first-order chi connectivity index (χ1) is 16.2. The van der Waals surface area contributed by atoms with E-state index in [1.807, 2.05) is 54.6 Å². The Morgan fingerprint density at radius 2 is 1.64 bits per heavy atom. The van der Waals surface area contributed by atoms with Gasteiger partial charge < -0.3 is 5.32 Å². The number of likely N-dealkylation sites (tertiary alicyclic amines) is 1. The van der Waals surface area contributed by atoms with Crippen LogP contribution in [0.5, 0.6) is 0 Å². The molecule has 1 aliphatic heterocycles. The lowest BCUT2D eigenvalue weighted by Gasteiger charge is -2.31. The minimum Gasteiger partial charge on any atom is -0.352 e. The Balaban J connectivity index is 1.25. The van der Waals surface area contributed by atoms with Gasteiger partial charge in [0.25, 0.3) is 0 Å². The van der Waals surface area contributed by atoms with E-state index in [9.17, 15) is 9.18 Å². The van der Waals surface area contributed by atoms with Crippen molar-refractivity contribution in [1.29, 1.82) is 0 Å². The van der Waals surface area contributed by atoms with Gasteiger partial charge in [-0.05, 0) is 67.9 Å². The molecule has 33 heavy (non-hydrogen) atoms. The van der Waals surface area contributed by atoms with Gasteiger partial charge in [-0.3, -0.25) is 14.3 Å². The summed E-state index contributed by atoms with van der Waals surface area (Å²) in [7, 11) is 0. The van der Waals surface area contributed by atoms with Crippen LogP contribution in [0.1, 0.15) is 24.2 Å². The molecular weight excluding hydrogens is 415 g/mol. The first-order valence-electron chi connectivity index (χ1n) is 11.4. The van der Waals surface area contributed by atoms with Gasteiger partial charge in [-0.1, -0.05) is 42.5 Å². The number of piperidine rings is 1. The Morgan fingerprint density at radius 3 is 2.39 bits per heavy atom. The number of benzene rings is 3. The molecule has 5 nitrogen and oxygen atoms in total. The third-order valence-electron chi connectivity index (χ3n) is 6.35. The van der Waals surface area contributed by atoms with E-state index >= 15 is 0 Å². The fourth-order valence-electron chi connectivity index (χ4n) is 4.54. The molecule has 1 fully saturated rings. The molecule has 0 radical (unpaired) electrons. The predicted octanol–water partition coefficient (Wildman–Crippen LogP) is 4.69. The van der Waals surface area contributed by atoms with Crippen molar-refractivity contribution in [1.82, 2.24) is 19.8 Å². The summed E-state index contributed by atoms with van der Waals surface area (Å²) in [6, 6.07) is 24.5. The summed E-state index contributed by atoms with van der Waals surface area (Å²) < 4.78 is 15.6. The zero-order valence-corrected chi connectivity index (χ0v) is 18.5. The molecule has 0 spiro atoms. The monoisotopic (exact) mass is 442 g/mol. The number of hydrogen-bond acceptors (Lipinski definition) is 3. The second-order valence-electron chi connectivity index (χ2n) is 8.58. The highest BCUT2D eigenvalue weighted by Gasteiger charge is 2.26. The molecule has 1 N–H and O–H groups in total. The number of imidazole rings is 1. The Morgan fingerprint density at radius 1 is 0.939 bits per heavy atom. The van der Waals surface area contributed by atoms with E-state index in [2.05, 4.69) is 14.8 Å². The average molecular weight is 443 g/mol. The van der Waals surface area contributed by atoms with Gasteiger partial charge in [-0.25, -0.2) is 9.37 Å². The van der Waals surface area contributed by atoms with Crippen molar-refractivity contribution < 1.29 is 9.18 Å². The van der Waals surface area contributed by atoms with Gasteiger partial charge in [-0.15, -0.1) is 0 Å². The lowest BCUT2D eigenvalue weighted by atomic mass is 9.96. The molecule has 0 aliphatic carbocycles. The molecule has 0 atom stereocenters. The number of nitrogens with zero attached hydrogens (tertiary/aromatic N) is 3. The molecule has 1 saturated heterocycles. The van der Waals surface area contributed by atoms with Crippen LogP contribution in [-0.2, 0) is 17.9 Å². The number of carbonyl (C=O) groups is 1. The highest BCUT2D eigenvalue weighted by atomic mass is 19.1. The highest BCUT2D eigenvalue weighted by Crippen LogP contribution is 2.25. The molecule has 1 aromatic heterocycles. The van der Waals surface area contributed by atoms with Crippen LogP contribution < -0.4 is 5.32 Å². The summed E-state index contributed by atoms with van der Waals surface area (Å²) >= 11 is 0. The van der Waals surface area contributed by atoms with E-state index in [1.165, 1.54) is 12.1 Å². The van der Waals surface area contributed by atoms with E-state index in [-0.39, 0.29) is 17.6 Å². The van der Waals surface area contributed by atoms with Crippen molar-refractivity contribution >= 4 is 16.9 Å². The average Bonchev–Trinajstić information content (AvgIpc) is 3.22. The fourth-order valence-corrected chi connectivity index (χ4v) is 4.54. The zero-order valence-electron chi connectivity index (χ0n) is 18.5. The van der Waals surface area contributed by atoms with Crippen molar-refractivity contribution in [2.45, 2.75) is 25.9 Å². The van der Waals surface area contributed by atoms with Crippen LogP contribution in [-0.4, -0.2) is 33.4 Å². The van der Waals surface area contributed by atoms with Gasteiger partial charge in [0.1, 0.15) is 11.6 Å². The Kier molecular flexibility index (Phi) is 6.17. The maximum absolute atomic E-state index is 13.5. The summed E-state index contributed by atoms with van der Waals surface area (Å²) in [6.45, 7) is 2.94. The lowest BCUT2D eigenvalue weighted by Crippen LogP contribution is -2.40. The van der Waals surface area contributed by atoms with Crippen LogP contribution in [0.2, 0.25) is 0 Å². The van der Waals surface area contributed by atoms with Gasteiger partial charge in [-0.2, -0.15) is 0 Å². The summed E-state index contributed by atoms with van der Waals surface area (Å²) in [6.07, 6.45) is 1.66. The van der Waals surface area contributed by atoms with E-state index in [0.717, 1.165) is 54.0 Å². The van der Waals surface area contributed by atoms with Crippen molar-refractivity contribution in [3.8, 4) is 5.69 Å². The van der Waals surface area contributed by atoms with Crippen molar-refractivity contribution in [3.63, 3.8) is 0 Å². The summed E-state index contributed by atoms with van der Waals surface area (Å²) in [5, 5.41) is 3.08. The summed E-state index contributed by atoms with van der Waals surface area (Å²) in [4.78, 5) is 19.9. The Bertz CT molecular complexity index is 1230. The van der Waals surface area contributed by atoms with Crippen LogP contribution in [0, 0.1) is 11.7 Å². The minimum atomic E-state index is -0.252. The molecule has 4 aromatic rings. The smallest absolute Gasteiger partial charge is 0.223 e. The van der Waals surface area contributed by atoms with Crippen LogP contribution in [0.4, 0.5) is 4.39 Å². The third-order valence-corrected chi connectivity index (χ3v) is 6.35. The largest absolute Gasteiger partial charge is 0.352 e. The molecule has 0 bridgehead atoms. The standard InChI is InChI=1S/C27H27FN4O/c28-22-10-12-23(13-11-22)32-25-9-5-4-8-24(25)30-26(32)19-31-16-14-21(15-17-31)27(33)29-18-20-6-2-1-3-7-20/h1-13,21H,14-19H2,(H,29,33).